The number of hydroxylamine groups is 1. The van der Waals surface area contributed by atoms with E-state index in [2.05, 4.69) is 4.90 Å². The van der Waals surface area contributed by atoms with Crippen molar-refractivity contribution in [3.8, 4) is 5.75 Å². The van der Waals surface area contributed by atoms with Gasteiger partial charge in [-0.1, -0.05) is 0 Å². The molecular formula is C28H37N3O6S. The molecule has 2 fully saturated rings. The Morgan fingerprint density at radius 1 is 1.03 bits per heavy atom. The summed E-state index contributed by atoms with van der Waals surface area (Å²) in [6, 6.07) is 14.1. The van der Waals surface area contributed by atoms with Crippen LogP contribution in [0.1, 0.15) is 55.3 Å². The quantitative estimate of drug-likeness (QED) is 0.181. The molecule has 0 aromatic heterocycles. The van der Waals surface area contributed by atoms with Crippen LogP contribution in [0.25, 0.3) is 0 Å². The fourth-order valence-corrected chi connectivity index (χ4v) is 6.97. The highest BCUT2D eigenvalue weighted by molar-refractivity contribution is 7.93. The van der Waals surface area contributed by atoms with E-state index >= 15 is 0 Å². The number of Topliss-reactive ketones (excluding diaryl/α,β-unsaturated/α-hetero) is 1. The molecule has 2 N–H and O–H groups in total. The smallest absolute Gasteiger partial charge is 0.265 e. The molecule has 38 heavy (non-hydrogen) atoms. The van der Waals surface area contributed by atoms with Crippen molar-refractivity contribution < 1.29 is 28.0 Å². The summed E-state index contributed by atoms with van der Waals surface area (Å²) in [7, 11) is -0.142. The first-order valence-corrected chi connectivity index (χ1v) is 14.6. The largest absolute Gasteiger partial charge is 0.494 e. The average Bonchev–Trinajstić information content (AvgIpc) is 3.78. The number of benzene rings is 2. The van der Waals surface area contributed by atoms with Crippen LogP contribution in [-0.2, 0) is 14.6 Å². The minimum atomic E-state index is -4.05. The normalized spacial score (nSPS) is 17.6. The molecular weight excluding hydrogens is 506 g/mol. The molecule has 0 bridgehead atoms. The molecule has 0 atom stereocenters. The molecule has 2 aromatic rings. The van der Waals surface area contributed by atoms with Crippen LogP contribution >= 0.6 is 0 Å². The number of hydrogen-bond donors (Lipinski definition) is 2. The lowest BCUT2D eigenvalue weighted by atomic mass is 9.94. The number of hydrogen-bond acceptors (Lipinski definition) is 8. The summed E-state index contributed by atoms with van der Waals surface area (Å²) >= 11 is 0. The van der Waals surface area contributed by atoms with Crippen molar-refractivity contribution in [2.45, 2.75) is 60.6 Å². The van der Waals surface area contributed by atoms with E-state index < -0.39 is 20.5 Å². The lowest BCUT2D eigenvalue weighted by Gasteiger charge is -2.39. The number of sulfone groups is 1. The van der Waals surface area contributed by atoms with Crippen LogP contribution in [0.2, 0.25) is 0 Å². The lowest BCUT2D eigenvalue weighted by molar-refractivity contribution is -0.133. The van der Waals surface area contributed by atoms with Gasteiger partial charge in [0.15, 0.2) is 20.4 Å². The molecule has 2 aliphatic rings. The summed E-state index contributed by atoms with van der Waals surface area (Å²) in [5, 5.41) is 9.34. The molecule has 1 aliphatic carbocycles. The first-order valence-electron chi connectivity index (χ1n) is 13.1. The van der Waals surface area contributed by atoms with Crippen molar-refractivity contribution >= 4 is 27.2 Å². The number of nitrogens with zero attached hydrogens (tertiary/aromatic N) is 2. The van der Waals surface area contributed by atoms with E-state index in [1.807, 2.05) is 43.3 Å². The molecule has 1 saturated heterocycles. The number of ether oxygens (including phenoxy) is 1. The molecule has 1 aliphatic heterocycles. The zero-order valence-corrected chi connectivity index (χ0v) is 22.9. The molecule has 1 amide bonds. The van der Waals surface area contributed by atoms with Gasteiger partial charge < -0.3 is 14.5 Å². The zero-order chi connectivity index (χ0) is 27.3. The molecule has 9 nitrogen and oxygen atoms in total. The first-order chi connectivity index (χ1) is 18.2. The summed E-state index contributed by atoms with van der Waals surface area (Å²) in [6.45, 7) is 1.40. The summed E-state index contributed by atoms with van der Waals surface area (Å²) in [4.78, 5) is 29.3. The molecule has 206 valence electrons. The summed E-state index contributed by atoms with van der Waals surface area (Å²) in [5.74, 6) is -0.274. The van der Waals surface area contributed by atoms with Gasteiger partial charge in [-0.3, -0.25) is 14.8 Å². The molecule has 1 saturated carbocycles. The van der Waals surface area contributed by atoms with Crippen LogP contribution in [0.4, 0.5) is 5.69 Å². The Balaban J connectivity index is 1.29. The van der Waals surface area contributed by atoms with Gasteiger partial charge in [-0.15, -0.1) is 0 Å². The number of unbranched alkanes of at least 4 members (excludes halogenated alkanes) is 1. The van der Waals surface area contributed by atoms with Gasteiger partial charge >= 0.3 is 0 Å². The lowest BCUT2D eigenvalue weighted by Crippen LogP contribution is -2.58. The van der Waals surface area contributed by atoms with Gasteiger partial charge in [-0.25, -0.2) is 13.9 Å². The van der Waals surface area contributed by atoms with Crippen LogP contribution in [0.3, 0.4) is 0 Å². The number of carbonyl (C=O) groups excluding carboxylic acids is 2. The fourth-order valence-electron chi connectivity index (χ4n) is 5.02. The van der Waals surface area contributed by atoms with Crippen LogP contribution in [0.15, 0.2) is 53.4 Å². The number of piperidine rings is 1. The van der Waals surface area contributed by atoms with E-state index in [-0.39, 0.29) is 23.5 Å². The van der Waals surface area contributed by atoms with Crippen LogP contribution in [-0.4, -0.2) is 74.8 Å². The highest BCUT2D eigenvalue weighted by Gasteiger charge is 2.53. The Bertz CT molecular complexity index is 1220. The predicted octanol–water partition coefficient (Wildman–Crippen LogP) is 3.46. The van der Waals surface area contributed by atoms with Gasteiger partial charge in [0, 0.05) is 50.9 Å². The molecule has 0 radical (unpaired) electrons. The summed E-state index contributed by atoms with van der Waals surface area (Å²) < 4.78 is 31.2. The minimum Gasteiger partial charge on any atom is -0.494 e. The molecule has 1 heterocycles. The molecule has 2 aromatic carbocycles. The van der Waals surface area contributed by atoms with Crippen LogP contribution < -0.4 is 15.1 Å². The average molecular weight is 544 g/mol. The summed E-state index contributed by atoms with van der Waals surface area (Å²) in [6.07, 6.45) is 4.26. The van der Waals surface area contributed by atoms with Crippen molar-refractivity contribution in [1.82, 2.24) is 10.4 Å². The third-order valence-corrected chi connectivity index (χ3v) is 10.1. The maximum absolute atomic E-state index is 13.6. The highest BCUT2D eigenvalue weighted by atomic mass is 32.2. The zero-order valence-electron chi connectivity index (χ0n) is 22.1. The van der Waals surface area contributed by atoms with Crippen molar-refractivity contribution in [2.24, 2.45) is 0 Å². The molecule has 0 unspecified atom stereocenters. The van der Waals surface area contributed by atoms with Gasteiger partial charge in [0.05, 0.1) is 11.5 Å². The topological polar surface area (TPSA) is 116 Å². The number of anilines is 1. The Morgan fingerprint density at radius 2 is 1.66 bits per heavy atom. The third kappa shape index (κ3) is 6.03. The van der Waals surface area contributed by atoms with E-state index in [4.69, 9.17) is 4.74 Å². The standard InChI is InChI=1S/C28H37N3O6S/c1-30(2)22-8-6-21(7-9-22)26(32)5-3-4-20-37-24-12-14-25(15-13-24)38(35,36)28(27(33)29-34)16-18-31(19-17-28)23-10-11-23/h6-9,12-15,23,34H,3-5,10-11,16-20H2,1-2H3,(H,29,33). The number of carbonyl (C=O) groups is 2. The Hall–Kier alpha value is -2.95. The maximum Gasteiger partial charge on any atom is 0.265 e. The Kier molecular flexibility index (Phi) is 8.74. The number of nitrogens with one attached hydrogen (secondary N) is 1. The monoisotopic (exact) mass is 543 g/mol. The van der Waals surface area contributed by atoms with E-state index in [1.54, 1.807) is 17.6 Å². The number of rotatable bonds is 12. The highest BCUT2D eigenvalue weighted by Crippen LogP contribution is 2.39. The van der Waals surface area contributed by atoms with Crippen molar-refractivity contribution in [3.05, 3.63) is 54.1 Å². The van der Waals surface area contributed by atoms with Gasteiger partial charge in [-0.2, -0.15) is 0 Å². The van der Waals surface area contributed by atoms with Crippen molar-refractivity contribution in [1.29, 1.82) is 0 Å². The van der Waals surface area contributed by atoms with Crippen molar-refractivity contribution in [3.63, 3.8) is 0 Å². The molecule has 4 rings (SSSR count). The second-order valence-corrected chi connectivity index (χ2v) is 12.6. The van der Waals surface area contributed by atoms with Crippen LogP contribution in [0.5, 0.6) is 5.75 Å². The Morgan fingerprint density at radius 3 is 2.21 bits per heavy atom. The van der Waals surface area contributed by atoms with Crippen molar-refractivity contribution in [2.75, 3.05) is 38.7 Å². The van der Waals surface area contributed by atoms with E-state index in [0.717, 1.165) is 18.5 Å². The minimum absolute atomic E-state index is 0.0270. The SMILES string of the molecule is CN(C)c1ccc(C(=O)CCCCOc2ccc(S(=O)(=O)C3(C(=O)NO)CCN(C4CC4)CC3)cc2)cc1. The first kappa shape index (κ1) is 28.1. The van der Waals surface area contributed by atoms with E-state index in [1.165, 1.54) is 12.1 Å². The second-order valence-electron chi connectivity index (χ2n) is 10.3. The van der Waals surface area contributed by atoms with Gasteiger partial charge in [0.2, 0.25) is 0 Å². The van der Waals surface area contributed by atoms with Crippen LogP contribution in [0, 0.1) is 0 Å². The number of likely N-dealkylation sites (tertiary alicyclic amines) is 1. The van der Waals surface area contributed by atoms with Gasteiger partial charge in [0.1, 0.15) is 5.75 Å². The number of amides is 1. The summed E-state index contributed by atoms with van der Waals surface area (Å²) in [5.41, 5.74) is 3.34. The van der Waals surface area contributed by atoms with Gasteiger partial charge in [0.25, 0.3) is 5.91 Å². The Labute approximate surface area is 224 Å². The second kappa shape index (κ2) is 11.8. The molecule has 10 heteroatoms. The molecule has 0 spiro atoms. The maximum atomic E-state index is 13.6. The number of ketones is 1. The third-order valence-electron chi connectivity index (χ3n) is 7.61. The fraction of sp³-hybridized carbons (Fsp3) is 0.500. The van der Waals surface area contributed by atoms with E-state index in [9.17, 15) is 23.2 Å². The van der Waals surface area contributed by atoms with Gasteiger partial charge in [-0.05, 0) is 87.1 Å². The predicted molar refractivity (Wildman–Crippen MR) is 145 cm³/mol. The van der Waals surface area contributed by atoms with E-state index in [0.29, 0.717) is 56.3 Å².